The number of nitrogens with one attached hydrogen (secondary N) is 2. The van der Waals surface area contributed by atoms with Crippen LogP contribution in [-0.2, 0) is 24.5 Å². The van der Waals surface area contributed by atoms with Gasteiger partial charge in [-0.15, -0.1) is 4.73 Å². The van der Waals surface area contributed by atoms with Crippen molar-refractivity contribution in [2.75, 3.05) is 19.5 Å². The molecule has 0 saturated heterocycles. The van der Waals surface area contributed by atoms with Gasteiger partial charge in [0.25, 0.3) is 11.5 Å². The number of nitrogens with zero attached hydrogens (tertiary/aromatic N) is 2. The zero-order valence-corrected chi connectivity index (χ0v) is 25.8. The monoisotopic (exact) mass is 656 g/mol. The van der Waals surface area contributed by atoms with Crippen molar-refractivity contribution in [3.63, 3.8) is 0 Å². The number of amides is 1. The van der Waals surface area contributed by atoms with Crippen molar-refractivity contribution in [2.24, 2.45) is 0 Å². The first kappa shape index (κ1) is 33.1. The molecule has 11 nitrogen and oxygen atoms in total. The average molecular weight is 657 g/mol. The van der Waals surface area contributed by atoms with Crippen LogP contribution in [0, 0.1) is 11.6 Å². The van der Waals surface area contributed by atoms with E-state index in [-0.39, 0.29) is 42.0 Å². The third-order valence-corrected chi connectivity index (χ3v) is 7.25. The van der Waals surface area contributed by atoms with E-state index in [0.717, 1.165) is 22.4 Å². The Balaban J connectivity index is 1.66. The number of hydrogen-bond donors (Lipinski definition) is 3. The second kappa shape index (κ2) is 14.9. The lowest BCUT2D eigenvalue weighted by Crippen LogP contribution is -2.37. The topological polar surface area (TPSA) is 141 Å². The molecule has 246 valence electrons. The average Bonchev–Trinajstić information content (AvgIpc) is 3.09. The molecule has 0 atom stereocenters. The van der Waals surface area contributed by atoms with E-state index in [1.165, 1.54) is 32.6 Å². The van der Waals surface area contributed by atoms with Crippen LogP contribution in [0.5, 0.6) is 11.5 Å². The van der Waals surface area contributed by atoms with Crippen LogP contribution in [0.2, 0.25) is 0 Å². The summed E-state index contributed by atoms with van der Waals surface area (Å²) in [5, 5.41) is 15.1. The number of carboxylic acids is 1. The van der Waals surface area contributed by atoms with E-state index in [4.69, 9.17) is 14.3 Å². The first-order valence-corrected chi connectivity index (χ1v) is 14.5. The summed E-state index contributed by atoms with van der Waals surface area (Å²) >= 11 is 0. The van der Waals surface area contributed by atoms with Gasteiger partial charge < -0.3 is 30.1 Å². The minimum atomic E-state index is -1.19. The van der Waals surface area contributed by atoms with Crippen molar-refractivity contribution in [3.05, 3.63) is 135 Å². The fourth-order valence-corrected chi connectivity index (χ4v) is 4.86. The Kier molecular flexibility index (Phi) is 10.3. The molecule has 48 heavy (non-hydrogen) atoms. The van der Waals surface area contributed by atoms with E-state index >= 15 is 0 Å². The summed E-state index contributed by atoms with van der Waals surface area (Å²) in [6.45, 7) is -0.368. The zero-order valence-electron chi connectivity index (χ0n) is 25.8. The predicted molar refractivity (Wildman–Crippen MR) is 174 cm³/mol. The summed E-state index contributed by atoms with van der Waals surface area (Å²) in [6.07, 6.45) is 3.59. The molecule has 2 heterocycles. The predicted octanol–water partition coefficient (Wildman–Crippen LogP) is 4.96. The third-order valence-electron chi connectivity index (χ3n) is 7.25. The molecule has 13 heteroatoms. The Morgan fingerprint density at radius 2 is 1.73 bits per heavy atom. The maximum absolute atomic E-state index is 14.4. The van der Waals surface area contributed by atoms with E-state index in [0.29, 0.717) is 28.7 Å². The van der Waals surface area contributed by atoms with Crippen LogP contribution < -0.4 is 30.5 Å². The second-order valence-electron chi connectivity index (χ2n) is 10.4. The quantitative estimate of drug-likeness (QED) is 0.150. The molecular formula is C35H30F2N4O7. The summed E-state index contributed by atoms with van der Waals surface area (Å²) in [7, 11) is 3.00. The van der Waals surface area contributed by atoms with Gasteiger partial charge in [0.05, 0.1) is 19.9 Å². The molecule has 1 amide bonds. The van der Waals surface area contributed by atoms with E-state index in [9.17, 15) is 28.3 Å². The van der Waals surface area contributed by atoms with Crippen LogP contribution in [0.1, 0.15) is 32.6 Å². The van der Waals surface area contributed by atoms with E-state index < -0.39 is 34.6 Å². The van der Waals surface area contributed by atoms with Crippen LogP contribution >= 0.6 is 0 Å². The van der Waals surface area contributed by atoms with Gasteiger partial charge in [-0.2, -0.15) is 0 Å². The number of pyridine rings is 2. The number of hydrogen-bond acceptors (Lipinski definition) is 8. The second-order valence-corrected chi connectivity index (χ2v) is 10.4. The molecule has 0 radical (unpaired) electrons. The molecule has 0 bridgehead atoms. The van der Waals surface area contributed by atoms with Crippen LogP contribution in [0.4, 0.5) is 14.5 Å². The zero-order chi connectivity index (χ0) is 34.2. The molecule has 0 aliphatic carbocycles. The summed E-state index contributed by atoms with van der Waals surface area (Å²) in [6, 6.07) is 18.6. The molecule has 0 unspecified atom stereocenters. The lowest BCUT2D eigenvalue weighted by molar-refractivity contribution is -0.131. The van der Waals surface area contributed by atoms with Gasteiger partial charge in [-0.05, 0) is 41.5 Å². The molecule has 5 rings (SSSR count). The van der Waals surface area contributed by atoms with Gasteiger partial charge in [0.15, 0.2) is 5.65 Å². The SMILES string of the molecule is COc1ccc(CNc2c(C(=O)NCc3ccc(F)cc3F)c(=O)n(OCc3ccccc3)c3ncc(/C=C/C(=O)O)cc23)c(OC)c1. The summed E-state index contributed by atoms with van der Waals surface area (Å²) in [5.41, 5.74) is 0.522. The van der Waals surface area contributed by atoms with Crippen LogP contribution in [0.15, 0.2) is 89.9 Å². The molecule has 0 aliphatic rings. The third kappa shape index (κ3) is 7.58. The Morgan fingerprint density at radius 3 is 2.44 bits per heavy atom. The maximum atomic E-state index is 14.4. The first-order valence-electron chi connectivity index (χ1n) is 14.5. The first-order chi connectivity index (χ1) is 23.2. The number of aromatic nitrogens is 2. The van der Waals surface area contributed by atoms with Crippen molar-refractivity contribution >= 4 is 34.7 Å². The molecular weight excluding hydrogens is 626 g/mol. The van der Waals surface area contributed by atoms with Crippen molar-refractivity contribution in [1.29, 1.82) is 0 Å². The Hall–Kier alpha value is -6.24. The van der Waals surface area contributed by atoms with Gasteiger partial charge in [-0.1, -0.05) is 36.4 Å². The van der Waals surface area contributed by atoms with E-state index in [1.807, 2.05) is 6.07 Å². The number of carbonyl (C=O) groups is 2. The number of ether oxygens (including phenoxy) is 2. The number of anilines is 1. The van der Waals surface area contributed by atoms with Crippen LogP contribution in [0.3, 0.4) is 0 Å². The maximum Gasteiger partial charge on any atom is 0.328 e. The molecule has 2 aromatic heterocycles. The van der Waals surface area contributed by atoms with Crippen molar-refractivity contribution < 1.29 is 37.8 Å². The Labute approximate surface area is 273 Å². The highest BCUT2D eigenvalue weighted by atomic mass is 19.1. The highest BCUT2D eigenvalue weighted by Gasteiger charge is 2.25. The molecule has 3 N–H and O–H groups in total. The lowest BCUT2D eigenvalue weighted by Gasteiger charge is -2.19. The van der Waals surface area contributed by atoms with Gasteiger partial charge in [-0.25, -0.2) is 18.6 Å². The molecule has 0 fully saturated rings. The van der Waals surface area contributed by atoms with Crippen LogP contribution in [0.25, 0.3) is 17.1 Å². The van der Waals surface area contributed by atoms with Gasteiger partial charge in [-0.3, -0.25) is 9.59 Å². The normalized spacial score (nSPS) is 11.0. The van der Waals surface area contributed by atoms with Crippen molar-refractivity contribution in [2.45, 2.75) is 19.7 Å². The standard InChI is InChI=1S/C35H30F2N4O7/c1-46-26-12-10-24(29(16-26)47-2)19-38-32-27-14-22(8-13-30(42)43)17-39-33(27)41(48-20-21-6-4-3-5-7-21)35(45)31(32)34(44)40-18-23-9-11-25(36)15-28(23)37/h3-17,38H,18-20H2,1-2H3,(H,40,44)(H,42,43)/b13-8+. The number of fused-ring (bicyclic) bond motifs is 1. The highest BCUT2D eigenvalue weighted by Crippen LogP contribution is 2.29. The van der Waals surface area contributed by atoms with Gasteiger partial charge in [0.1, 0.15) is 35.3 Å². The lowest BCUT2D eigenvalue weighted by atomic mass is 10.1. The highest BCUT2D eigenvalue weighted by molar-refractivity contribution is 6.07. The molecule has 5 aromatic rings. The smallest absolute Gasteiger partial charge is 0.328 e. The number of benzene rings is 3. The van der Waals surface area contributed by atoms with Gasteiger partial charge >= 0.3 is 5.97 Å². The Morgan fingerprint density at radius 1 is 0.958 bits per heavy atom. The van der Waals surface area contributed by atoms with E-state index in [2.05, 4.69) is 15.6 Å². The summed E-state index contributed by atoms with van der Waals surface area (Å²) < 4.78 is 39.6. The molecule has 0 spiro atoms. The van der Waals surface area contributed by atoms with Crippen molar-refractivity contribution in [3.8, 4) is 11.5 Å². The molecule has 3 aromatic carbocycles. The van der Waals surface area contributed by atoms with Gasteiger partial charge in [0, 0.05) is 54.0 Å². The van der Waals surface area contributed by atoms with E-state index in [1.54, 1.807) is 48.5 Å². The fourth-order valence-electron chi connectivity index (χ4n) is 4.86. The summed E-state index contributed by atoms with van der Waals surface area (Å²) in [4.78, 5) is 49.6. The largest absolute Gasteiger partial charge is 0.497 e. The number of halogens is 2. The van der Waals surface area contributed by atoms with Crippen molar-refractivity contribution in [1.82, 2.24) is 15.0 Å². The number of aliphatic carboxylic acids is 1. The van der Waals surface area contributed by atoms with Gasteiger partial charge in [0.2, 0.25) is 0 Å². The minimum absolute atomic E-state index is 0.00793. The fraction of sp³-hybridized carbons (Fsp3) is 0.143. The number of carbonyl (C=O) groups excluding carboxylic acids is 1. The number of rotatable bonds is 13. The molecule has 0 saturated carbocycles. The number of methoxy groups -OCH3 is 2. The minimum Gasteiger partial charge on any atom is -0.497 e. The summed E-state index contributed by atoms with van der Waals surface area (Å²) in [5.74, 6) is -2.72. The molecule has 0 aliphatic heterocycles. The number of carboxylic acid groups (broad SMARTS) is 1. The Bertz CT molecular complexity index is 2070. The van der Waals surface area contributed by atoms with Crippen LogP contribution in [-0.4, -0.2) is 40.9 Å².